The second-order valence-corrected chi connectivity index (χ2v) is 7.19. The summed E-state index contributed by atoms with van der Waals surface area (Å²) in [5, 5.41) is 7.54. The number of carbonyl (C=O) groups is 1. The van der Waals surface area contributed by atoms with Crippen LogP contribution in [0.5, 0.6) is 5.75 Å². The van der Waals surface area contributed by atoms with Crippen molar-refractivity contribution < 1.29 is 9.53 Å². The Balaban J connectivity index is 1.48. The quantitative estimate of drug-likeness (QED) is 0.721. The second-order valence-electron chi connectivity index (χ2n) is 6.16. The van der Waals surface area contributed by atoms with E-state index in [9.17, 15) is 9.59 Å². The van der Waals surface area contributed by atoms with Crippen LogP contribution in [-0.4, -0.2) is 27.3 Å². The van der Waals surface area contributed by atoms with Crippen molar-refractivity contribution in [1.82, 2.24) is 14.8 Å². The highest BCUT2D eigenvalue weighted by atomic mass is 32.1. The predicted molar refractivity (Wildman–Crippen MR) is 99.9 cm³/mol. The van der Waals surface area contributed by atoms with E-state index in [1.54, 1.807) is 6.07 Å². The molecule has 1 N–H and O–H groups in total. The molecular weight excluding hydrogens is 352 g/mol. The van der Waals surface area contributed by atoms with Crippen molar-refractivity contribution >= 4 is 32.6 Å². The van der Waals surface area contributed by atoms with Gasteiger partial charge >= 0.3 is 0 Å². The summed E-state index contributed by atoms with van der Waals surface area (Å²) >= 11 is 1.37. The maximum atomic E-state index is 12.3. The van der Waals surface area contributed by atoms with Gasteiger partial charge in [-0.25, -0.2) is 9.67 Å². The molecule has 0 saturated heterocycles. The second kappa shape index (κ2) is 6.87. The summed E-state index contributed by atoms with van der Waals surface area (Å²) in [7, 11) is 0. The van der Waals surface area contributed by atoms with Crippen LogP contribution in [0.15, 0.2) is 35.1 Å². The zero-order valence-electron chi connectivity index (χ0n) is 14.3. The van der Waals surface area contributed by atoms with Gasteiger partial charge in [0.25, 0.3) is 5.56 Å². The van der Waals surface area contributed by atoms with Crippen molar-refractivity contribution in [1.29, 1.82) is 0 Å². The van der Waals surface area contributed by atoms with Crippen LogP contribution < -0.4 is 15.6 Å². The molecule has 1 fully saturated rings. The summed E-state index contributed by atoms with van der Waals surface area (Å²) in [6.45, 7) is 2.39. The molecule has 1 saturated carbocycles. The Kier molecular flexibility index (Phi) is 4.42. The minimum absolute atomic E-state index is 0.125. The molecule has 134 valence electrons. The fraction of sp³-hybridized carbons (Fsp3) is 0.333. The standard InChI is InChI=1S/C18H18N4O3S/c1-2-25-12-5-6-14-15(9-12)26-18(19-14)20-16(23)10-22-17(24)8-7-13(21-22)11-3-4-11/h5-9,11H,2-4,10H2,1H3,(H,19,20,23). The summed E-state index contributed by atoms with van der Waals surface area (Å²) in [6.07, 6.45) is 2.18. The molecule has 0 bridgehead atoms. The Morgan fingerprint density at radius 1 is 1.35 bits per heavy atom. The van der Waals surface area contributed by atoms with Gasteiger partial charge in [-0.1, -0.05) is 11.3 Å². The number of benzene rings is 1. The van der Waals surface area contributed by atoms with Crippen LogP contribution in [0.4, 0.5) is 5.13 Å². The normalized spacial score (nSPS) is 13.7. The Bertz CT molecular complexity index is 1020. The minimum atomic E-state index is -0.323. The van der Waals surface area contributed by atoms with Gasteiger partial charge in [-0.2, -0.15) is 5.10 Å². The number of nitrogens with one attached hydrogen (secondary N) is 1. The lowest BCUT2D eigenvalue weighted by Crippen LogP contribution is -2.29. The van der Waals surface area contributed by atoms with Gasteiger partial charge in [0.1, 0.15) is 12.3 Å². The van der Waals surface area contributed by atoms with E-state index >= 15 is 0 Å². The average molecular weight is 370 g/mol. The van der Waals surface area contributed by atoms with E-state index in [-0.39, 0.29) is 18.0 Å². The summed E-state index contributed by atoms with van der Waals surface area (Å²) in [6, 6.07) is 8.83. The average Bonchev–Trinajstić information content (AvgIpc) is 3.38. The molecule has 1 amide bonds. The number of hydrogen-bond acceptors (Lipinski definition) is 6. The number of carbonyl (C=O) groups excluding carboxylic acids is 1. The highest BCUT2D eigenvalue weighted by Gasteiger charge is 2.25. The number of fused-ring (bicyclic) bond motifs is 1. The molecule has 1 aromatic carbocycles. The molecule has 1 aliphatic rings. The lowest BCUT2D eigenvalue weighted by Gasteiger charge is -2.06. The van der Waals surface area contributed by atoms with Crippen molar-refractivity contribution in [3.63, 3.8) is 0 Å². The number of ether oxygens (including phenoxy) is 1. The SMILES string of the molecule is CCOc1ccc2nc(NC(=O)Cn3nc(C4CC4)ccc3=O)sc2c1. The number of thiazole rings is 1. The molecule has 3 aromatic rings. The summed E-state index contributed by atoms with van der Waals surface area (Å²) in [4.78, 5) is 28.6. The number of hydrogen-bond donors (Lipinski definition) is 1. The zero-order valence-corrected chi connectivity index (χ0v) is 15.1. The smallest absolute Gasteiger partial charge is 0.267 e. The van der Waals surface area contributed by atoms with Gasteiger partial charge in [-0.05, 0) is 44.0 Å². The molecule has 0 radical (unpaired) electrons. The topological polar surface area (TPSA) is 86.1 Å². The molecule has 8 heteroatoms. The summed E-state index contributed by atoms with van der Waals surface area (Å²) in [5.74, 6) is 0.875. The first-order chi connectivity index (χ1) is 12.6. The van der Waals surface area contributed by atoms with Gasteiger partial charge in [0.15, 0.2) is 5.13 Å². The van der Waals surface area contributed by atoms with Crippen molar-refractivity contribution in [2.75, 3.05) is 11.9 Å². The van der Waals surface area contributed by atoms with E-state index < -0.39 is 0 Å². The van der Waals surface area contributed by atoms with E-state index in [4.69, 9.17) is 4.74 Å². The van der Waals surface area contributed by atoms with Crippen molar-refractivity contribution in [3.8, 4) is 5.75 Å². The molecule has 0 aliphatic heterocycles. The van der Waals surface area contributed by atoms with Crippen molar-refractivity contribution in [3.05, 3.63) is 46.4 Å². The van der Waals surface area contributed by atoms with Gasteiger partial charge in [-0.15, -0.1) is 0 Å². The van der Waals surface area contributed by atoms with E-state index in [2.05, 4.69) is 15.4 Å². The molecule has 0 atom stereocenters. The third-order valence-corrected chi connectivity index (χ3v) is 5.03. The monoisotopic (exact) mass is 370 g/mol. The van der Waals surface area contributed by atoms with Gasteiger partial charge in [0.05, 0.1) is 22.5 Å². The maximum Gasteiger partial charge on any atom is 0.267 e. The fourth-order valence-electron chi connectivity index (χ4n) is 2.68. The first kappa shape index (κ1) is 16.7. The van der Waals surface area contributed by atoms with Crippen molar-refractivity contribution in [2.24, 2.45) is 0 Å². The van der Waals surface area contributed by atoms with E-state index in [0.29, 0.717) is 17.7 Å². The molecule has 4 rings (SSSR count). The van der Waals surface area contributed by atoms with Gasteiger partial charge in [0.2, 0.25) is 5.91 Å². The fourth-order valence-corrected chi connectivity index (χ4v) is 3.59. The van der Waals surface area contributed by atoms with Crippen LogP contribution in [0, 0.1) is 0 Å². The number of aromatic nitrogens is 3. The molecule has 2 heterocycles. The third kappa shape index (κ3) is 3.60. The molecule has 26 heavy (non-hydrogen) atoms. The lowest BCUT2D eigenvalue weighted by atomic mass is 10.3. The van der Waals surface area contributed by atoms with Crippen LogP contribution in [0.2, 0.25) is 0 Å². The molecule has 0 unspecified atom stereocenters. The Hall–Kier alpha value is -2.74. The Morgan fingerprint density at radius 3 is 2.96 bits per heavy atom. The van der Waals surface area contributed by atoms with Crippen LogP contribution in [0.1, 0.15) is 31.4 Å². The van der Waals surface area contributed by atoms with Crippen LogP contribution in [0.25, 0.3) is 10.2 Å². The van der Waals surface area contributed by atoms with Crippen LogP contribution >= 0.6 is 11.3 Å². The first-order valence-corrected chi connectivity index (χ1v) is 9.35. The van der Waals surface area contributed by atoms with Crippen LogP contribution in [-0.2, 0) is 11.3 Å². The molecule has 1 aliphatic carbocycles. The lowest BCUT2D eigenvalue weighted by molar-refractivity contribution is -0.117. The van der Waals surface area contributed by atoms with E-state index in [1.807, 2.05) is 25.1 Å². The summed E-state index contributed by atoms with van der Waals surface area (Å²) in [5.41, 5.74) is 1.39. The van der Waals surface area contributed by atoms with Crippen molar-refractivity contribution in [2.45, 2.75) is 32.2 Å². The first-order valence-electron chi connectivity index (χ1n) is 8.53. The Labute approximate surface area is 153 Å². The zero-order chi connectivity index (χ0) is 18.1. The predicted octanol–water partition coefficient (Wildman–Crippen LogP) is 2.77. The van der Waals surface area contributed by atoms with E-state index in [0.717, 1.165) is 34.5 Å². The molecule has 7 nitrogen and oxygen atoms in total. The van der Waals surface area contributed by atoms with Gasteiger partial charge < -0.3 is 10.1 Å². The number of nitrogens with zero attached hydrogens (tertiary/aromatic N) is 3. The maximum absolute atomic E-state index is 12.3. The minimum Gasteiger partial charge on any atom is -0.494 e. The van der Waals surface area contributed by atoms with Gasteiger partial charge in [0, 0.05) is 12.0 Å². The number of amides is 1. The molecule has 2 aromatic heterocycles. The summed E-state index contributed by atoms with van der Waals surface area (Å²) < 4.78 is 7.62. The van der Waals surface area contributed by atoms with Crippen LogP contribution in [0.3, 0.4) is 0 Å². The Morgan fingerprint density at radius 2 is 2.19 bits per heavy atom. The number of rotatable bonds is 6. The third-order valence-electron chi connectivity index (χ3n) is 4.09. The van der Waals surface area contributed by atoms with Gasteiger partial charge in [-0.3, -0.25) is 9.59 Å². The molecular formula is C18H18N4O3S. The number of anilines is 1. The largest absolute Gasteiger partial charge is 0.494 e. The van der Waals surface area contributed by atoms with E-state index in [1.165, 1.54) is 22.1 Å². The highest BCUT2D eigenvalue weighted by molar-refractivity contribution is 7.22. The molecule has 0 spiro atoms. The highest BCUT2D eigenvalue weighted by Crippen LogP contribution is 2.38.